The van der Waals surface area contributed by atoms with Crippen molar-refractivity contribution in [2.24, 2.45) is 0 Å². The Kier molecular flexibility index (Phi) is 5.55. The number of hydrogen-bond acceptors (Lipinski definition) is 7. The zero-order valence-electron chi connectivity index (χ0n) is 20.8. The van der Waals surface area contributed by atoms with E-state index in [1.165, 1.54) is 33.1 Å². The van der Waals surface area contributed by atoms with Crippen LogP contribution in [-0.2, 0) is 21.5 Å². The van der Waals surface area contributed by atoms with Crippen LogP contribution in [0.4, 0.5) is 0 Å². The average Bonchev–Trinajstić information content (AvgIpc) is 3.15. The number of aryl methyl sites for hydroxylation is 1. The number of aliphatic hydroxyl groups is 1. The highest BCUT2D eigenvalue weighted by Gasteiger charge is 2.55. The molecule has 8 heteroatoms. The smallest absolute Gasteiger partial charge is 0.259 e. The lowest BCUT2D eigenvalue weighted by Crippen LogP contribution is -2.38. The van der Waals surface area contributed by atoms with Crippen molar-refractivity contribution >= 4 is 28.2 Å². The highest BCUT2D eigenvalue weighted by atomic mass is 16.5. The van der Waals surface area contributed by atoms with Gasteiger partial charge < -0.3 is 25.0 Å². The SMILES string of the molecule is COc1cc(O)c2c(c1C(=O)NCc1cc(C)cc3ccccc13)OC1=CC(O)=C(C(C)=O)C(=O)[C@]12C. The molecule has 0 unspecified atom stereocenters. The molecule has 0 saturated carbocycles. The van der Waals surface area contributed by atoms with E-state index in [0.717, 1.165) is 21.9 Å². The van der Waals surface area contributed by atoms with Gasteiger partial charge in [0.25, 0.3) is 5.91 Å². The topological polar surface area (TPSA) is 122 Å². The number of rotatable bonds is 5. The van der Waals surface area contributed by atoms with Gasteiger partial charge in [0.2, 0.25) is 0 Å². The van der Waals surface area contributed by atoms with E-state index in [0.29, 0.717) is 0 Å². The first-order chi connectivity index (χ1) is 17.6. The number of ether oxygens (including phenoxy) is 2. The molecule has 0 aromatic heterocycles. The van der Waals surface area contributed by atoms with Crippen LogP contribution in [0.25, 0.3) is 10.8 Å². The van der Waals surface area contributed by atoms with Crippen molar-refractivity contribution in [1.82, 2.24) is 5.32 Å². The average molecular weight is 500 g/mol. The van der Waals surface area contributed by atoms with Crippen molar-refractivity contribution < 1.29 is 34.1 Å². The summed E-state index contributed by atoms with van der Waals surface area (Å²) in [5.74, 6) is -2.78. The molecule has 0 spiro atoms. The van der Waals surface area contributed by atoms with E-state index in [9.17, 15) is 24.6 Å². The second-order valence-corrected chi connectivity index (χ2v) is 9.39. The highest BCUT2D eigenvalue weighted by Crippen LogP contribution is 2.56. The fourth-order valence-electron chi connectivity index (χ4n) is 5.19. The van der Waals surface area contributed by atoms with Crippen molar-refractivity contribution in [3.8, 4) is 17.2 Å². The fourth-order valence-corrected chi connectivity index (χ4v) is 5.19. The number of aromatic hydroxyl groups is 1. The summed E-state index contributed by atoms with van der Waals surface area (Å²) in [6.07, 6.45) is 1.17. The van der Waals surface area contributed by atoms with Gasteiger partial charge in [-0.2, -0.15) is 0 Å². The summed E-state index contributed by atoms with van der Waals surface area (Å²) in [5.41, 5.74) is -0.0261. The van der Waals surface area contributed by atoms with Crippen molar-refractivity contribution in [3.05, 3.63) is 87.9 Å². The zero-order chi connectivity index (χ0) is 26.6. The molecule has 3 N–H and O–H groups in total. The summed E-state index contributed by atoms with van der Waals surface area (Å²) in [5, 5.41) is 26.2. The predicted molar refractivity (Wildman–Crippen MR) is 136 cm³/mol. The van der Waals surface area contributed by atoms with Crippen molar-refractivity contribution in [2.75, 3.05) is 7.11 Å². The quantitative estimate of drug-likeness (QED) is 0.447. The number of carbonyl (C=O) groups is 3. The van der Waals surface area contributed by atoms with E-state index in [1.54, 1.807) is 0 Å². The van der Waals surface area contributed by atoms with Gasteiger partial charge in [0.05, 0.1) is 12.7 Å². The molecule has 0 fully saturated rings. The number of benzene rings is 3. The van der Waals surface area contributed by atoms with E-state index in [2.05, 4.69) is 11.4 Å². The van der Waals surface area contributed by atoms with E-state index in [1.807, 2.05) is 37.3 Å². The molecule has 1 amide bonds. The Morgan fingerprint density at radius 1 is 1.14 bits per heavy atom. The van der Waals surface area contributed by atoms with Crippen LogP contribution in [0.3, 0.4) is 0 Å². The molecule has 0 radical (unpaired) electrons. The van der Waals surface area contributed by atoms with Gasteiger partial charge in [0, 0.05) is 18.7 Å². The van der Waals surface area contributed by atoms with E-state index in [4.69, 9.17) is 9.47 Å². The van der Waals surface area contributed by atoms with Gasteiger partial charge in [0.15, 0.2) is 17.3 Å². The number of nitrogens with one attached hydrogen (secondary N) is 1. The third kappa shape index (κ3) is 3.56. The first kappa shape index (κ1) is 24.1. The molecule has 1 aliphatic heterocycles. The molecule has 1 atom stereocenters. The summed E-state index contributed by atoms with van der Waals surface area (Å²) in [4.78, 5) is 39.0. The van der Waals surface area contributed by atoms with Gasteiger partial charge in [-0.3, -0.25) is 14.4 Å². The molecule has 2 aliphatic rings. The van der Waals surface area contributed by atoms with E-state index < -0.39 is 34.2 Å². The number of ketones is 2. The number of methoxy groups -OCH3 is 1. The molecule has 0 bridgehead atoms. The van der Waals surface area contributed by atoms with Crippen LogP contribution in [0.1, 0.15) is 40.9 Å². The number of fused-ring (bicyclic) bond motifs is 4. The second-order valence-electron chi connectivity index (χ2n) is 9.39. The number of amides is 1. The molecule has 8 nitrogen and oxygen atoms in total. The van der Waals surface area contributed by atoms with Crippen LogP contribution in [0, 0.1) is 6.92 Å². The minimum absolute atomic E-state index is 0.00252. The Morgan fingerprint density at radius 2 is 1.86 bits per heavy atom. The first-order valence-corrected chi connectivity index (χ1v) is 11.7. The van der Waals surface area contributed by atoms with Gasteiger partial charge in [-0.1, -0.05) is 42.0 Å². The Labute approximate surface area is 212 Å². The number of aliphatic hydroxyl groups excluding tert-OH is 1. The molecule has 5 rings (SSSR count). The maximum Gasteiger partial charge on any atom is 0.259 e. The van der Waals surface area contributed by atoms with Gasteiger partial charge in [0.1, 0.15) is 39.6 Å². The maximum absolute atomic E-state index is 13.5. The Morgan fingerprint density at radius 3 is 2.57 bits per heavy atom. The molecular weight excluding hydrogens is 474 g/mol. The summed E-state index contributed by atoms with van der Waals surface area (Å²) in [6, 6.07) is 13.2. The number of Topliss-reactive ketones (excluding diaryl/α,β-unsaturated/α-hetero) is 2. The molecular formula is C29H25NO7. The summed E-state index contributed by atoms with van der Waals surface area (Å²) >= 11 is 0. The normalized spacial score (nSPS) is 18.2. The lowest BCUT2D eigenvalue weighted by molar-refractivity contribution is -0.123. The molecule has 1 aliphatic carbocycles. The summed E-state index contributed by atoms with van der Waals surface area (Å²) < 4.78 is 11.3. The molecule has 3 aromatic rings. The van der Waals surface area contributed by atoms with Gasteiger partial charge >= 0.3 is 0 Å². The summed E-state index contributed by atoms with van der Waals surface area (Å²) in [6.45, 7) is 4.84. The van der Waals surface area contributed by atoms with Crippen molar-refractivity contribution in [2.45, 2.75) is 32.7 Å². The van der Waals surface area contributed by atoms with Crippen LogP contribution in [0.15, 0.2) is 65.6 Å². The molecule has 0 saturated heterocycles. The van der Waals surface area contributed by atoms with Crippen LogP contribution in [-0.4, -0.2) is 34.8 Å². The van der Waals surface area contributed by atoms with Gasteiger partial charge in [-0.25, -0.2) is 0 Å². The molecule has 1 heterocycles. The third-order valence-corrected chi connectivity index (χ3v) is 6.96. The number of hydrogen-bond donors (Lipinski definition) is 3. The first-order valence-electron chi connectivity index (χ1n) is 11.7. The van der Waals surface area contributed by atoms with Crippen LogP contribution < -0.4 is 14.8 Å². The summed E-state index contributed by atoms with van der Waals surface area (Å²) in [7, 11) is 1.35. The second kappa shape index (κ2) is 8.51. The molecule has 37 heavy (non-hydrogen) atoms. The van der Waals surface area contributed by atoms with Gasteiger partial charge in [-0.15, -0.1) is 0 Å². The van der Waals surface area contributed by atoms with Gasteiger partial charge in [-0.05, 0) is 37.1 Å². The lowest BCUT2D eigenvalue weighted by Gasteiger charge is -2.27. The standard InChI is InChI=1S/C29H25NO7/c1-14-9-16-7-5-6-8-18(16)17(10-14)13-30-28(35)24-21(36-4)11-20(33)25-26(24)37-22-12-19(32)23(15(2)31)27(34)29(22,25)3/h5-12,32-33H,13H2,1-4H3,(H,30,35)/t29-/m1/s1. The largest absolute Gasteiger partial charge is 0.507 e. The predicted octanol–water partition coefficient (Wildman–Crippen LogP) is 4.31. The number of phenolic OH excluding ortho intramolecular Hbond substituents is 1. The van der Waals surface area contributed by atoms with Crippen LogP contribution in [0.2, 0.25) is 0 Å². The van der Waals surface area contributed by atoms with Crippen molar-refractivity contribution in [3.63, 3.8) is 0 Å². The Hall–Kier alpha value is -4.59. The fraction of sp³-hybridized carbons (Fsp3) is 0.207. The number of phenols is 1. The Balaban J connectivity index is 1.58. The Bertz CT molecular complexity index is 1600. The maximum atomic E-state index is 13.5. The van der Waals surface area contributed by atoms with Crippen molar-refractivity contribution in [1.29, 1.82) is 0 Å². The molecule has 3 aromatic carbocycles. The minimum Gasteiger partial charge on any atom is -0.507 e. The zero-order valence-corrected chi connectivity index (χ0v) is 20.8. The van der Waals surface area contributed by atoms with E-state index in [-0.39, 0.29) is 40.7 Å². The lowest BCUT2D eigenvalue weighted by atomic mass is 9.71. The highest BCUT2D eigenvalue weighted by molar-refractivity contribution is 6.25. The number of carbonyl (C=O) groups excluding carboxylic acids is 3. The minimum atomic E-state index is -1.61. The van der Waals surface area contributed by atoms with E-state index >= 15 is 0 Å². The third-order valence-electron chi connectivity index (χ3n) is 6.96. The molecule has 188 valence electrons. The number of allylic oxidation sites excluding steroid dienone is 3. The monoisotopic (exact) mass is 499 g/mol. The van der Waals surface area contributed by atoms with Crippen LogP contribution in [0.5, 0.6) is 17.2 Å². The van der Waals surface area contributed by atoms with Crippen LogP contribution >= 0.6 is 0 Å².